The third kappa shape index (κ3) is 6.26. The topological polar surface area (TPSA) is 65.2 Å². The highest BCUT2D eigenvalue weighted by atomic mass is 32.2. The number of benzene rings is 3. The summed E-state index contributed by atoms with van der Waals surface area (Å²) in [5.41, 5.74) is 5.62. The van der Waals surface area contributed by atoms with Crippen molar-refractivity contribution in [1.29, 1.82) is 0 Å². The Morgan fingerprint density at radius 1 is 0.958 bits per heavy atom. The number of nitrogens with one attached hydrogen (secondary N) is 2. The van der Waals surface area contributed by atoms with Gasteiger partial charge in [-0.2, -0.15) is 24.9 Å². The van der Waals surface area contributed by atoms with Crippen molar-refractivity contribution in [2.24, 2.45) is 11.3 Å². The summed E-state index contributed by atoms with van der Waals surface area (Å²) >= 11 is 1.75. The van der Waals surface area contributed by atoms with Crippen LogP contribution in [0, 0.1) is 39.0 Å². The number of aromatic amines is 1. The Balaban J connectivity index is 1.37. The molecule has 2 unspecified atom stereocenters. The second kappa shape index (κ2) is 12.6. The molecule has 2 aliphatic rings. The van der Waals surface area contributed by atoms with Crippen LogP contribution < -0.4 is 5.32 Å². The van der Waals surface area contributed by atoms with Crippen molar-refractivity contribution in [3.05, 3.63) is 99.7 Å². The second-order valence-electron chi connectivity index (χ2n) is 14.4. The van der Waals surface area contributed by atoms with Crippen LogP contribution in [0.4, 0.5) is 18.9 Å². The molecule has 1 saturated carbocycles. The summed E-state index contributed by atoms with van der Waals surface area (Å²) < 4.78 is 40.3. The molecule has 6 rings (SSSR count). The maximum atomic E-state index is 14.8. The van der Waals surface area contributed by atoms with Gasteiger partial charge in [0.15, 0.2) is 0 Å². The van der Waals surface area contributed by atoms with Crippen LogP contribution in [-0.4, -0.2) is 38.7 Å². The predicted molar refractivity (Wildman–Crippen MR) is 188 cm³/mol. The van der Waals surface area contributed by atoms with Gasteiger partial charge in [0, 0.05) is 35.2 Å². The van der Waals surface area contributed by atoms with Crippen molar-refractivity contribution < 1.29 is 22.8 Å². The summed E-state index contributed by atoms with van der Waals surface area (Å²) in [6.45, 7) is 12.5. The molecule has 0 bridgehead atoms. The Kier molecular flexibility index (Phi) is 8.98. The van der Waals surface area contributed by atoms with Crippen LogP contribution in [0.1, 0.15) is 78.1 Å². The molecule has 1 saturated heterocycles. The van der Waals surface area contributed by atoms with E-state index >= 15 is 0 Å². The third-order valence-electron chi connectivity index (χ3n) is 10.8. The van der Waals surface area contributed by atoms with Crippen molar-refractivity contribution in [1.82, 2.24) is 9.88 Å². The predicted octanol–water partition coefficient (Wildman–Crippen LogP) is 9.48. The molecule has 48 heavy (non-hydrogen) atoms. The van der Waals surface area contributed by atoms with E-state index in [2.05, 4.69) is 43.2 Å². The average molecular weight is 676 g/mol. The molecule has 0 spiro atoms. The highest BCUT2D eigenvalue weighted by molar-refractivity contribution is 7.99. The van der Waals surface area contributed by atoms with Gasteiger partial charge in [0.1, 0.15) is 5.54 Å². The number of thioether (sulfide) groups is 1. The first-order chi connectivity index (χ1) is 22.6. The van der Waals surface area contributed by atoms with Crippen molar-refractivity contribution in [2.45, 2.75) is 85.0 Å². The number of halogens is 3. The minimum atomic E-state index is -4.47. The number of alkyl halides is 3. The SMILES string of the molecule is Cc1cc(C)c(NC(=O)C2(N(Cc3ccc(C(F)(F)F)cc3)C(=O)CC3C(c4c(C)[nH]c5ccccc45)C3(C)C)CCSCC2)c(C)c1. The maximum absolute atomic E-state index is 14.8. The van der Waals surface area contributed by atoms with Crippen molar-refractivity contribution in [2.75, 3.05) is 16.8 Å². The van der Waals surface area contributed by atoms with E-state index in [9.17, 15) is 22.8 Å². The number of H-pyrrole nitrogens is 1. The maximum Gasteiger partial charge on any atom is 0.416 e. The van der Waals surface area contributed by atoms with Crippen LogP contribution in [0.3, 0.4) is 0 Å². The number of carbonyl (C=O) groups excluding carboxylic acids is 2. The quantitative estimate of drug-likeness (QED) is 0.196. The highest BCUT2D eigenvalue weighted by Gasteiger charge is 2.60. The number of aryl methyl sites for hydroxylation is 4. The number of aromatic nitrogens is 1. The van der Waals surface area contributed by atoms with Crippen LogP contribution in [0.15, 0.2) is 60.7 Å². The van der Waals surface area contributed by atoms with Gasteiger partial charge in [0.25, 0.3) is 0 Å². The smallest absolute Gasteiger partial charge is 0.358 e. The molecule has 2 fully saturated rings. The molecular weight excluding hydrogens is 632 g/mol. The zero-order chi connectivity index (χ0) is 34.6. The van der Waals surface area contributed by atoms with Crippen molar-refractivity contribution >= 4 is 40.2 Å². The number of amides is 2. The van der Waals surface area contributed by atoms with E-state index in [1.54, 1.807) is 16.7 Å². The minimum Gasteiger partial charge on any atom is -0.358 e. The van der Waals surface area contributed by atoms with Gasteiger partial charge < -0.3 is 15.2 Å². The number of hydrogen-bond acceptors (Lipinski definition) is 3. The van der Waals surface area contributed by atoms with E-state index in [4.69, 9.17) is 0 Å². The number of rotatable bonds is 8. The van der Waals surface area contributed by atoms with Crippen molar-refractivity contribution in [3.63, 3.8) is 0 Å². The first-order valence-corrected chi connectivity index (χ1v) is 17.8. The molecule has 2 atom stereocenters. The van der Waals surface area contributed by atoms with E-state index in [-0.39, 0.29) is 42.0 Å². The van der Waals surface area contributed by atoms with Gasteiger partial charge >= 0.3 is 6.18 Å². The van der Waals surface area contributed by atoms with Crippen LogP contribution in [0.5, 0.6) is 0 Å². The molecule has 2 amide bonds. The van der Waals surface area contributed by atoms with E-state index in [0.29, 0.717) is 29.9 Å². The number of para-hydroxylation sites is 1. The summed E-state index contributed by atoms with van der Waals surface area (Å²) in [5, 5.41) is 4.38. The zero-order valence-electron chi connectivity index (χ0n) is 28.5. The Morgan fingerprint density at radius 3 is 2.21 bits per heavy atom. The lowest BCUT2D eigenvalue weighted by molar-refractivity contribution is -0.147. The molecule has 1 aliphatic heterocycles. The Bertz CT molecular complexity index is 1830. The Labute approximate surface area is 285 Å². The summed E-state index contributed by atoms with van der Waals surface area (Å²) in [4.78, 5) is 34.6. The number of carbonyl (C=O) groups is 2. The molecule has 1 aromatic heterocycles. The first kappa shape index (κ1) is 34.2. The van der Waals surface area contributed by atoms with Gasteiger partial charge in [-0.3, -0.25) is 9.59 Å². The van der Waals surface area contributed by atoms with Gasteiger partial charge in [-0.1, -0.05) is 61.9 Å². The van der Waals surface area contributed by atoms with E-state index in [1.165, 1.54) is 17.7 Å². The lowest BCUT2D eigenvalue weighted by atomic mass is 9.86. The summed E-state index contributed by atoms with van der Waals surface area (Å²) in [6, 6.07) is 17.2. The lowest BCUT2D eigenvalue weighted by Gasteiger charge is -2.45. The Morgan fingerprint density at radius 2 is 1.58 bits per heavy atom. The molecule has 2 N–H and O–H groups in total. The summed E-state index contributed by atoms with van der Waals surface area (Å²) in [6.07, 6.45) is -3.31. The van der Waals surface area contributed by atoms with Crippen molar-refractivity contribution in [3.8, 4) is 0 Å². The van der Waals surface area contributed by atoms with Crippen LogP contribution in [0.25, 0.3) is 10.9 Å². The van der Waals surface area contributed by atoms with E-state index in [0.717, 1.165) is 51.1 Å². The number of fused-ring (bicyclic) bond motifs is 1. The average Bonchev–Trinajstić information content (AvgIpc) is 3.37. The number of nitrogens with zero attached hydrogens (tertiary/aromatic N) is 1. The molecule has 0 radical (unpaired) electrons. The van der Waals surface area contributed by atoms with Crippen LogP contribution in [-0.2, 0) is 22.3 Å². The molecule has 5 nitrogen and oxygen atoms in total. The fraction of sp³-hybridized carbons (Fsp3) is 0.436. The first-order valence-electron chi connectivity index (χ1n) is 16.6. The van der Waals surface area contributed by atoms with Gasteiger partial charge in [-0.05, 0) is 110 Å². The molecule has 2 heterocycles. The molecule has 1 aliphatic carbocycles. The minimum absolute atomic E-state index is 0.0395. The number of hydrogen-bond donors (Lipinski definition) is 2. The van der Waals surface area contributed by atoms with Gasteiger partial charge in [0.2, 0.25) is 11.8 Å². The molecule has 9 heteroatoms. The Hall–Kier alpha value is -3.72. The molecular formula is C39H44F3N3O2S. The molecule has 3 aromatic carbocycles. The summed E-state index contributed by atoms with van der Waals surface area (Å²) in [7, 11) is 0. The standard InChI is InChI=1S/C39H44F3N3O2S/c1-23-19-24(2)35(25(3)20-23)44-36(47)38(15-17-48-18-16-38)45(22-27-11-13-28(14-12-27)39(40,41)42)32(46)21-30-34(37(30,5)6)33-26(4)43-31-10-8-7-9-29(31)33/h7-14,19-20,30,34,43H,15-18,21-22H2,1-6H3,(H,44,47). The fourth-order valence-electron chi connectivity index (χ4n) is 8.09. The van der Waals surface area contributed by atoms with Crippen LogP contribution >= 0.6 is 11.8 Å². The largest absolute Gasteiger partial charge is 0.416 e. The number of anilines is 1. The molecule has 254 valence electrons. The lowest BCUT2D eigenvalue weighted by Crippen LogP contribution is -2.60. The molecule has 4 aromatic rings. The second-order valence-corrected chi connectivity index (χ2v) is 15.6. The van der Waals surface area contributed by atoms with Crippen LogP contribution in [0.2, 0.25) is 0 Å². The highest BCUT2D eigenvalue weighted by Crippen LogP contribution is 2.67. The van der Waals surface area contributed by atoms with Gasteiger partial charge in [-0.25, -0.2) is 0 Å². The van der Waals surface area contributed by atoms with Gasteiger partial charge in [0.05, 0.1) is 5.56 Å². The fourth-order valence-corrected chi connectivity index (χ4v) is 9.26. The third-order valence-corrected chi connectivity index (χ3v) is 11.8. The zero-order valence-corrected chi connectivity index (χ0v) is 29.3. The van der Waals surface area contributed by atoms with E-state index in [1.807, 2.05) is 45.0 Å². The monoisotopic (exact) mass is 675 g/mol. The van der Waals surface area contributed by atoms with E-state index < -0.39 is 17.3 Å². The normalized spacial score (nSPS) is 20.0. The summed E-state index contributed by atoms with van der Waals surface area (Å²) in [5.74, 6) is 1.20. The van der Waals surface area contributed by atoms with Gasteiger partial charge in [-0.15, -0.1) is 0 Å².